The van der Waals surface area contributed by atoms with Gasteiger partial charge >= 0.3 is 0 Å². The largest absolute Gasteiger partial charge is 0.398 e. The van der Waals surface area contributed by atoms with Gasteiger partial charge in [-0.1, -0.05) is 6.07 Å². The number of nitrogens with one attached hydrogen (secondary N) is 1. The highest BCUT2D eigenvalue weighted by Gasteiger charge is 2.23. The maximum Gasteiger partial charge on any atom is 0.222 e. The van der Waals surface area contributed by atoms with Gasteiger partial charge in [0, 0.05) is 29.7 Å². The molecule has 5 heteroatoms. The molecule has 1 fully saturated rings. The lowest BCUT2D eigenvalue weighted by atomic mass is 9.95. The number of nitrogens with two attached hydrogens (primary N) is 1. The van der Waals surface area contributed by atoms with E-state index in [2.05, 4.69) is 32.2 Å². The van der Waals surface area contributed by atoms with Gasteiger partial charge in [0.15, 0.2) is 0 Å². The summed E-state index contributed by atoms with van der Waals surface area (Å²) in [7, 11) is 1.71. The lowest BCUT2D eigenvalue weighted by Gasteiger charge is -2.31. The molecule has 0 saturated carbocycles. The molecular formula is C14H20BrN3O. The number of benzene rings is 1. The van der Waals surface area contributed by atoms with Crippen LogP contribution in [0.5, 0.6) is 0 Å². The van der Waals surface area contributed by atoms with Crippen LogP contribution in [-0.2, 0) is 11.3 Å². The molecule has 1 heterocycles. The van der Waals surface area contributed by atoms with Crippen LogP contribution in [0.3, 0.4) is 0 Å². The number of nitrogens with zero attached hydrogens (tertiary/aromatic N) is 1. The second kappa shape index (κ2) is 6.39. The number of amides is 1. The average Bonchev–Trinajstić information content (AvgIpc) is 2.43. The molecule has 1 amide bonds. The Morgan fingerprint density at radius 3 is 2.74 bits per heavy atom. The fraction of sp³-hybridized carbons (Fsp3) is 0.500. The molecule has 1 aromatic carbocycles. The van der Waals surface area contributed by atoms with Crippen LogP contribution in [0.25, 0.3) is 0 Å². The van der Waals surface area contributed by atoms with E-state index < -0.39 is 0 Å². The summed E-state index contributed by atoms with van der Waals surface area (Å²) in [5.41, 5.74) is 7.88. The zero-order valence-corrected chi connectivity index (χ0v) is 12.7. The molecule has 1 aromatic rings. The lowest BCUT2D eigenvalue weighted by Crippen LogP contribution is -2.39. The minimum absolute atomic E-state index is 0.174. The molecule has 0 spiro atoms. The Morgan fingerprint density at radius 1 is 1.47 bits per heavy atom. The molecule has 0 bridgehead atoms. The summed E-state index contributed by atoms with van der Waals surface area (Å²) in [6.45, 7) is 2.83. The maximum atomic E-state index is 11.6. The van der Waals surface area contributed by atoms with Crippen LogP contribution in [0.2, 0.25) is 0 Å². The third-order valence-electron chi connectivity index (χ3n) is 3.67. The molecule has 0 atom stereocenters. The molecule has 3 N–H and O–H groups in total. The molecule has 4 nitrogen and oxygen atoms in total. The highest BCUT2D eigenvalue weighted by Crippen LogP contribution is 2.23. The lowest BCUT2D eigenvalue weighted by molar-refractivity contribution is -0.125. The predicted molar refractivity (Wildman–Crippen MR) is 80.6 cm³/mol. The van der Waals surface area contributed by atoms with Gasteiger partial charge in [-0.25, -0.2) is 0 Å². The van der Waals surface area contributed by atoms with E-state index in [9.17, 15) is 4.79 Å². The SMILES string of the molecule is CNC(=O)C1CCN(Cc2ccc(Br)c(N)c2)CC1. The molecule has 104 valence electrons. The van der Waals surface area contributed by atoms with E-state index in [1.165, 1.54) is 5.56 Å². The summed E-state index contributed by atoms with van der Waals surface area (Å²) in [6, 6.07) is 6.09. The van der Waals surface area contributed by atoms with E-state index in [-0.39, 0.29) is 11.8 Å². The smallest absolute Gasteiger partial charge is 0.222 e. The summed E-state index contributed by atoms with van der Waals surface area (Å²) in [5, 5.41) is 2.73. The minimum atomic E-state index is 0.174. The average molecular weight is 326 g/mol. The number of hydrogen-bond acceptors (Lipinski definition) is 3. The molecule has 0 unspecified atom stereocenters. The van der Waals surface area contributed by atoms with Crippen LogP contribution in [-0.4, -0.2) is 30.9 Å². The quantitative estimate of drug-likeness (QED) is 0.835. The first kappa shape index (κ1) is 14.3. The summed E-state index contributed by atoms with van der Waals surface area (Å²) < 4.78 is 0.939. The van der Waals surface area contributed by atoms with Crippen LogP contribution >= 0.6 is 15.9 Å². The number of carbonyl (C=O) groups excluding carboxylic acids is 1. The van der Waals surface area contributed by atoms with Gasteiger partial charge in [0.05, 0.1) is 0 Å². The minimum Gasteiger partial charge on any atom is -0.398 e. The number of nitrogen functional groups attached to an aromatic ring is 1. The molecule has 0 aromatic heterocycles. The van der Waals surface area contributed by atoms with Crippen molar-refractivity contribution in [1.29, 1.82) is 0 Å². The van der Waals surface area contributed by atoms with Crippen molar-refractivity contribution in [3.05, 3.63) is 28.2 Å². The summed E-state index contributed by atoms with van der Waals surface area (Å²) in [5.74, 6) is 0.351. The monoisotopic (exact) mass is 325 g/mol. The zero-order valence-electron chi connectivity index (χ0n) is 11.2. The number of halogens is 1. The second-order valence-electron chi connectivity index (χ2n) is 5.02. The predicted octanol–water partition coefficient (Wildman–Crippen LogP) is 1.99. The molecule has 0 radical (unpaired) electrons. The van der Waals surface area contributed by atoms with Crippen molar-refractivity contribution in [2.45, 2.75) is 19.4 Å². The maximum absolute atomic E-state index is 11.6. The van der Waals surface area contributed by atoms with Crippen molar-refractivity contribution in [3.63, 3.8) is 0 Å². The molecule has 0 aliphatic carbocycles. The van der Waals surface area contributed by atoms with Crippen LogP contribution in [0.4, 0.5) is 5.69 Å². The molecule has 1 saturated heterocycles. The fourth-order valence-corrected chi connectivity index (χ4v) is 2.75. The first-order valence-corrected chi connectivity index (χ1v) is 7.37. The summed E-state index contributed by atoms with van der Waals surface area (Å²) in [6.07, 6.45) is 1.87. The highest BCUT2D eigenvalue weighted by molar-refractivity contribution is 9.10. The molecule has 1 aliphatic rings. The Morgan fingerprint density at radius 2 is 2.16 bits per heavy atom. The first-order valence-electron chi connectivity index (χ1n) is 6.58. The van der Waals surface area contributed by atoms with Gasteiger partial charge in [0.2, 0.25) is 5.91 Å². The molecule has 2 rings (SSSR count). The van der Waals surface area contributed by atoms with E-state index in [4.69, 9.17) is 5.73 Å². The highest BCUT2D eigenvalue weighted by atomic mass is 79.9. The van der Waals surface area contributed by atoms with Crippen molar-refractivity contribution in [1.82, 2.24) is 10.2 Å². The van der Waals surface area contributed by atoms with Crippen molar-refractivity contribution in [2.75, 3.05) is 25.9 Å². The van der Waals surface area contributed by atoms with Gasteiger partial charge < -0.3 is 11.1 Å². The number of likely N-dealkylation sites (tertiary alicyclic amines) is 1. The van der Waals surface area contributed by atoms with Crippen LogP contribution in [0.15, 0.2) is 22.7 Å². The van der Waals surface area contributed by atoms with E-state index in [1.807, 2.05) is 12.1 Å². The standard InChI is InChI=1S/C14H20BrN3O/c1-17-14(19)11-4-6-18(7-5-11)9-10-2-3-12(15)13(16)8-10/h2-3,8,11H,4-7,9,16H2,1H3,(H,17,19). The van der Waals surface area contributed by atoms with Crippen LogP contribution < -0.4 is 11.1 Å². The Bertz CT molecular complexity index is 456. The van der Waals surface area contributed by atoms with Crippen LogP contribution in [0.1, 0.15) is 18.4 Å². The van der Waals surface area contributed by atoms with Gasteiger partial charge in [-0.05, 0) is 59.6 Å². The third kappa shape index (κ3) is 3.70. The van der Waals surface area contributed by atoms with Crippen molar-refractivity contribution >= 4 is 27.5 Å². The number of anilines is 1. The van der Waals surface area contributed by atoms with Gasteiger partial charge in [-0.15, -0.1) is 0 Å². The van der Waals surface area contributed by atoms with Gasteiger partial charge in [-0.3, -0.25) is 9.69 Å². The zero-order chi connectivity index (χ0) is 13.8. The van der Waals surface area contributed by atoms with Gasteiger partial charge in [0.25, 0.3) is 0 Å². The Balaban J connectivity index is 1.88. The summed E-state index contributed by atoms with van der Waals surface area (Å²) >= 11 is 3.40. The van der Waals surface area contributed by atoms with Gasteiger partial charge in [0.1, 0.15) is 0 Å². The Kier molecular flexibility index (Phi) is 4.82. The molecular weight excluding hydrogens is 306 g/mol. The third-order valence-corrected chi connectivity index (χ3v) is 4.39. The molecule has 1 aliphatic heterocycles. The topological polar surface area (TPSA) is 58.4 Å². The Labute approximate surface area is 122 Å². The fourth-order valence-electron chi connectivity index (χ4n) is 2.51. The number of rotatable bonds is 3. The van der Waals surface area contributed by atoms with Crippen molar-refractivity contribution in [3.8, 4) is 0 Å². The number of hydrogen-bond donors (Lipinski definition) is 2. The van der Waals surface area contributed by atoms with Crippen molar-refractivity contribution < 1.29 is 4.79 Å². The van der Waals surface area contributed by atoms with E-state index in [0.29, 0.717) is 0 Å². The number of carbonyl (C=O) groups is 1. The Hall–Kier alpha value is -1.07. The van der Waals surface area contributed by atoms with Crippen LogP contribution in [0, 0.1) is 5.92 Å². The van der Waals surface area contributed by atoms with Crippen molar-refractivity contribution in [2.24, 2.45) is 5.92 Å². The number of piperidine rings is 1. The van der Waals surface area contributed by atoms with E-state index in [1.54, 1.807) is 7.05 Å². The normalized spacial score (nSPS) is 17.4. The summed E-state index contributed by atoms with van der Waals surface area (Å²) in [4.78, 5) is 13.9. The van der Waals surface area contributed by atoms with E-state index >= 15 is 0 Å². The van der Waals surface area contributed by atoms with Gasteiger partial charge in [-0.2, -0.15) is 0 Å². The first-order chi connectivity index (χ1) is 9.10. The molecule has 19 heavy (non-hydrogen) atoms. The second-order valence-corrected chi connectivity index (χ2v) is 5.87. The van der Waals surface area contributed by atoms with E-state index in [0.717, 1.165) is 42.6 Å².